The number of aromatic nitrogens is 3. The van der Waals surface area contributed by atoms with Crippen LogP contribution in [0.15, 0.2) is 48.7 Å². The molecule has 0 aliphatic heterocycles. The fourth-order valence-corrected chi connectivity index (χ4v) is 2.78. The SMILES string of the molecule is Cc1cccc(C(C)C)c1Nc1nncc(Nc2cccc(Cl)c2)n1. The van der Waals surface area contributed by atoms with Gasteiger partial charge in [0.1, 0.15) is 0 Å². The van der Waals surface area contributed by atoms with Crippen molar-refractivity contribution in [3.63, 3.8) is 0 Å². The molecule has 0 radical (unpaired) electrons. The Morgan fingerprint density at radius 1 is 1.04 bits per heavy atom. The van der Waals surface area contributed by atoms with Gasteiger partial charge in [0.25, 0.3) is 0 Å². The Morgan fingerprint density at radius 3 is 2.60 bits per heavy atom. The largest absolute Gasteiger partial charge is 0.339 e. The van der Waals surface area contributed by atoms with Crippen LogP contribution in [0.25, 0.3) is 0 Å². The maximum atomic E-state index is 6.01. The molecule has 0 aliphatic carbocycles. The third-order valence-corrected chi connectivity index (χ3v) is 4.05. The zero-order valence-corrected chi connectivity index (χ0v) is 15.2. The number of hydrogen-bond donors (Lipinski definition) is 2. The second-order valence-corrected chi connectivity index (χ2v) is 6.56. The molecule has 3 rings (SSSR count). The van der Waals surface area contributed by atoms with E-state index in [1.54, 1.807) is 6.20 Å². The summed E-state index contributed by atoms with van der Waals surface area (Å²) in [6.45, 7) is 6.39. The summed E-state index contributed by atoms with van der Waals surface area (Å²) in [6.07, 6.45) is 1.58. The molecule has 1 heterocycles. The van der Waals surface area contributed by atoms with E-state index in [4.69, 9.17) is 11.6 Å². The highest BCUT2D eigenvalue weighted by atomic mass is 35.5. The predicted molar refractivity (Wildman–Crippen MR) is 103 cm³/mol. The smallest absolute Gasteiger partial charge is 0.249 e. The molecule has 6 heteroatoms. The lowest BCUT2D eigenvalue weighted by atomic mass is 9.98. The minimum absolute atomic E-state index is 0.392. The third kappa shape index (κ3) is 4.25. The lowest BCUT2D eigenvalue weighted by Gasteiger charge is -2.16. The first-order valence-electron chi connectivity index (χ1n) is 8.12. The van der Waals surface area contributed by atoms with Crippen LogP contribution in [-0.4, -0.2) is 15.2 Å². The van der Waals surface area contributed by atoms with Gasteiger partial charge in [-0.3, -0.25) is 0 Å². The van der Waals surface area contributed by atoms with E-state index in [1.165, 1.54) is 5.56 Å². The summed E-state index contributed by atoms with van der Waals surface area (Å²) in [5.74, 6) is 1.44. The fourth-order valence-electron chi connectivity index (χ4n) is 2.58. The molecule has 0 amide bonds. The normalized spacial score (nSPS) is 10.8. The van der Waals surface area contributed by atoms with Gasteiger partial charge in [0.15, 0.2) is 5.82 Å². The molecule has 0 bridgehead atoms. The van der Waals surface area contributed by atoms with Gasteiger partial charge in [-0.25, -0.2) is 0 Å². The monoisotopic (exact) mass is 353 g/mol. The molecular formula is C19H20ClN5. The zero-order chi connectivity index (χ0) is 17.8. The van der Waals surface area contributed by atoms with Gasteiger partial charge in [0.05, 0.1) is 6.20 Å². The first kappa shape index (κ1) is 17.2. The predicted octanol–water partition coefficient (Wildman–Crippen LogP) is 5.44. The molecule has 0 fully saturated rings. The van der Waals surface area contributed by atoms with Gasteiger partial charge < -0.3 is 10.6 Å². The van der Waals surface area contributed by atoms with Crippen LogP contribution in [0.4, 0.5) is 23.1 Å². The van der Waals surface area contributed by atoms with Crippen molar-refractivity contribution in [1.29, 1.82) is 0 Å². The number of hydrogen-bond acceptors (Lipinski definition) is 5. The van der Waals surface area contributed by atoms with Crippen LogP contribution in [0.3, 0.4) is 0 Å². The lowest BCUT2D eigenvalue weighted by Crippen LogP contribution is -2.06. The Kier molecular flexibility index (Phi) is 5.14. The maximum absolute atomic E-state index is 6.01. The Balaban J connectivity index is 1.86. The van der Waals surface area contributed by atoms with Crippen LogP contribution >= 0.6 is 11.6 Å². The molecule has 128 valence electrons. The van der Waals surface area contributed by atoms with E-state index in [0.29, 0.717) is 22.7 Å². The van der Waals surface area contributed by atoms with Crippen molar-refractivity contribution < 1.29 is 0 Å². The maximum Gasteiger partial charge on any atom is 0.249 e. The molecule has 2 N–H and O–H groups in total. The zero-order valence-electron chi connectivity index (χ0n) is 14.4. The van der Waals surface area contributed by atoms with Gasteiger partial charge in [-0.15, -0.1) is 5.10 Å². The Morgan fingerprint density at radius 2 is 1.84 bits per heavy atom. The molecule has 0 saturated carbocycles. The minimum atomic E-state index is 0.392. The van der Waals surface area contributed by atoms with Crippen molar-refractivity contribution in [2.45, 2.75) is 26.7 Å². The molecule has 0 atom stereocenters. The van der Waals surface area contributed by atoms with E-state index in [1.807, 2.05) is 24.3 Å². The van der Waals surface area contributed by atoms with Crippen LogP contribution < -0.4 is 10.6 Å². The summed E-state index contributed by atoms with van der Waals surface area (Å²) in [7, 11) is 0. The number of aryl methyl sites for hydroxylation is 1. The number of anilines is 4. The van der Waals surface area contributed by atoms with Crippen molar-refractivity contribution in [2.24, 2.45) is 0 Å². The van der Waals surface area contributed by atoms with Crippen LogP contribution in [0.5, 0.6) is 0 Å². The molecule has 5 nitrogen and oxygen atoms in total. The molecule has 0 saturated heterocycles. The first-order valence-corrected chi connectivity index (χ1v) is 8.49. The van der Waals surface area contributed by atoms with Crippen LogP contribution in [0.2, 0.25) is 5.02 Å². The number of nitrogens with zero attached hydrogens (tertiary/aromatic N) is 3. The molecule has 2 aromatic carbocycles. The molecule has 0 unspecified atom stereocenters. The van der Waals surface area contributed by atoms with E-state index >= 15 is 0 Å². The molecule has 3 aromatic rings. The summed E-state index contributed by atoms with van der Waals surface area (Å²) in [4.78, 5) is 4.50. The van der Waals surface area contributed by atoms with Gasteiger partial charge >= 0.3 is 0 Å². The molecule has 0 aliphatic rings. The topological polar surface area (TPSA) is 62.7 Å². The quantitative estimate of drug-likeness (QED) is 0.639. The summed E-state index contributed by atoms with van der Waals surface area (Å²) in [5, 5.41) is 15.3. The van der Waals surface area contributed by atoms with Crippen molar-refractivity contribution in [3.8, 4) is 0 Å². The first-order chi connectivity index (χ1) is 12.0. The van der Waals surface area contributed by atoms with Gasteiger partial charge in [-0.2, -0.15) is 10.1 Å². The standard InChI is InChI=1S/C19H20ClN5/c1-12(2)16-9-4-6-13(3)18(16)24-19-23-17(11-21-25-19)22-15-8-5-7-14(20)10-15/h4-12H,1-3H3,(H2,22,23,24,25). The highest BCUT2D eigenvalue weighted by Crippen LogP contribution is 2.29. The highest BCUT2D eigenvalue weighted by Gasteiger charge is 2.11. The van der Waals surface area contributed by atoms with Crippen molar-refractivity contribution in [2.75, 3.05) is 10.6 Å². The van der Waals surface area contributed by atoms with Crippen molar-refractivity contribution >= 4 is 34.7 Å². The summed E-state index contributed by atoms with van der Waals surface area (Å²) in [5.41, 5.74) is 4.23. The summed E-state index contributed by atoms with van der Waals surface area (Å²) < 4.78 is 0. The van der Waals surface area contributed by atoms with Gasteiger partial charge in [-0.05, 0) is 42.2 Å². The molecule has 1 aromatic heterocycles. The average molecular weight is 354 g/mol. The third-order valence-electron chi connectivity index (χ3n) is 3.82. The summed E-state index contributed by atoms with van der Waals surface area (Å²) >= 11 is 6.01. The molecule has 25 heavy (non-hydrogen) atoms. The van der Waals surface area contributed by atoms with E-state index < -0.39 is 0 Å². The number of benzene rings is 2. The average Bonchev–Trinajstić information content (AvgIpc) is 2.57. The van der Waals surface area contributed by atoms with E-state index in [-0.39, 0.29) is 0 Å². The molecular weight excluding hydrogens is 334 g/mol. The minimum Gasteiger partial charge on any atom is -0.339 e. The van der Waals surface area contributed by atoms with E-state index in [9.17, 15) is 0 Å². The second kappa shape index (κ2) is 7.49. The van der Waals surface area contributed by atoms with E-state index in [2.05, 4.69) is 64.8 Å². The van der Waals surface area contributed by atoms with Crippen LogP contribution in [0, 0.1) is 6.92 Å². The second-order valence-electron chi connectivity index (χ2n) is 6.12. The Bertz CT molecular complexity index is 879. The Hall–Kier alpha value is -2.66. The summed E-state index contributed by atoms with van der Waals surface area (Å²) in [6, 6.07) is 13.7. The number of para-hydroxylation sites is 1. The molecule has 0 spiro atoms. The number of rotatable bonds is 5. The van der Waals surface area contributed by atoms with Crippen LogP contribution in [0.1, 0.15) is 30.9 Å². The van der Waals surface area contributed by atoms with Gasteiger partial charge in [0, 0.05) is 16.4 Å². The van der Waals surface area contributed by atoms with Gasteiger partial charge in [0.2, 0.25) is 5.95 Å². The van der Waals surface area contributed by atoms with Gasteiger partial charge in [-0.1, -0.05) is 49.7 Å². The highest BCUT2D eigenvalue weighted by molar-refractivity contribution is 6.30. The number of nitrogens with one attached hydrogen (secondary N) is 2. The van der Waals surface area contributed by atoms with E-state index in [0.717, 1.165) is 16.9 Å². The van der Waals surface area contributed by atoms with Crippen LogP contribution in [-0.2, 0) is 0 Å². The lowest BCUT2D eigenvalue weighted by molar-refractivity contribution is 0.865. The number of halogens is 1. The van der Waals surface area contributed by atoms with Crippen molar-refractivity contribution in [3.05, 3.63) is 64.8 Å². The Labute approximate surface area is 152 Å². The fraction of sp³-hybridized carbons (Fsp3) is 0.211. The van der Waals surface area contributed by atoms with Crippen molar-refractivity contribution in [1.82, 2.24) is 15.2 Å².